The number of aromatic nitrogens is 1. The normalized spacial score (nSPS) is 19.5. The molecule has 1 unspecified atom stereocenters. The van der Waals surface area contributed by atoms with Crippen molar-refractivity contribution in [2.45, 2.75) is 104 Å². The smallest absolute Gasteiger partial charge is 0.410 e. The van der Waals surface area contributed by atoms with Crippen LogP contribution in [0.4, 0.5) is 9.59 Å². The van der Waals surface area contributed by atoms with E-state index in [9.17, 15) is 19.2 Å². The summed E-state index contributed by atoms with van der Waals surface area (Å²) < 4.78 is 20.8. The molecular formula is C32H50N4O8S2. The molecule has 46 heavy (non-hydrogen) atoms. The fourth-order valence-corrected chi connectivity index (χ4v) is 7.19. The van der Waals surface area contributed by atoms with Gasteiger partial charge in [0.2, 0.25) is 0 Å². The lowest BCUT2D eigenvalue weighted by molar-refractivity contribution is -0.143. The first kappa shape index (κ1) is 37.6. The van der Waals surface area contributed by atoms with Crippen molar-refractivity contribution >= 4 is 52.3 Å². The number of thioether (sulfide) groups is 1. The summed E-state index contributed by atoms with van der Waals surface area (Å²) in [5, 5.41) is 3.72. The number of piperidine rings is 2. The SMILES string of the molecule is CCOC(=O)C1CSC(C2CCN(C(=O)OC(C)(C)C)CC2)=N1.CCOC(=O)c1csc(C2CCN(C(=O)OC(C)(C)C)CC2)n1. The number of amides is 2. The molecule has 12 nitrogen and oxygen atoms in total. The third-order valence-electron chi connectivity index (χ3n) is 7.23. The fraction of sp³-hybridized carbons (Fsp3) is 0.750. The van der Waals surface area contributed by atoms with E-state index < -0.39 is 11.2 Å². The van der Waals surface area contributed by atoms with Gasteiger partial charge in [-0.15, -0.1) is 23.1 Å². The van der Waals surface area contributed by atoms with Crippen LogP contribution in [0.25, 0.3) is 0 Å². The van der Waals surface area contributed by atoms with Gasteiger partial charge in [-0.05, 0) is 81.1 Å². The van der Waals surface area contributed by atoms with E-state index in [-0.39, 0.29) is 36.1 Å². The molecule has 0 radical (unpaired) electrons. The summed E-state index contributed by atoms with van der Waals surface area (Å²) in [6, 6.07) is -0.362. The Labute approximate surface area is 281 Å². The van der Waals surface area contributed by atoms with Crippen LogP contribution in [-0.4, -0.2) is 106 Å². The van der Waals surface area contributed by atoms with Gasteiger partial charge >= 0.3 is 24.1 Å². The monoisotopic (exact) mass is 682 g/mol. The van der Waals surface area contributed by atoms with Gasteiger partial charge in [-0.2, -0.15) is 0 Å². The lowest BCUT2D eigenvalue weighted by atomic mass is 9.98. The minimum atomic E-state index is -0.474. The van der Waals surface area contributed by atoms with Gasteiger partial charge in [0.05, 0.1) is 23.3 Å². The first-order valence-electron chi connectivity index (χ1n) is 16.1. The van der Waals surface area contributed by atoms with Crippen molar-refractivity contribution in [3.8, 4) is 0 Å². The van der Waals surface area contributed by atoms with Crippen molar-refractivity contribution in [3.05, 3.63) is 16.1 Å². The van der Waals surface area contributed by atoms with Crippen LogP contribution in [0.3, 0.4) is 0 Å². The van der Waals surface area contributed by atoms with Crippen molar-refractivity contribution in [1.29, 1.82) is 0 Å². The van der Waals surface area contributed by atoms with Gasteiger partial charge in [0.25, 0.3) is 0 Å². The summed E-state index contributed by atoms with van der Waals surface area (Å²) in [7, 11) is 0. The third-order valence-corrected chi connectivity index (χ3v) is 9.45. The van der Waals surface area contributed by atoms with Crippen LogP contribution >= 0.6 is 23.1 Å². The molecule has 0 bridgehead atoms. The van der Waals surface area contributed by atoms with Gasteiger partial charge in [0, 0.05) is 49.1 Å². The average molecular weight is 683 g/mol. The lowest BCUT2D eigenvalue weighted by Crippen LogP contribution is -2.42. The molecule has 0 aromatic carbocycles. The minimum absolute atomic E-state index is 0.235. The molecule has 0 saturated carbocycles. The number of carbonyl (C=O) groups is 4. The number of esters is 2. The summed E-state index contributed by atoms with van der Waals surface area (Å²) >= 11 is 3.13. The van der Waals surface area contributed by atoms with Crippen LogP contribution in [0.2, 0.25) is 0 Å². The molecule has 0 aliphatic carbocycles. The highest BCUT2D eigenvalue weighted by atomic mass is 32.2. The number of nitrogens with zero attached hydrogens (tertiary/aromatic N) is 4. The van der Waals surface area contributed by atoms with Crippen molar-refractivity contribution in [3.63, 3.8) is 0 Å². The number of thiazole rings is 1. The number of ether oxygens (including phenoxy) is 4. The minimum Gasteiger partial charge on any atom is -0.464 e. The Kier molecular flexibility index (Phi) is 13.7. The van der Waals surface area contributed by atoms with Crippen molar-refractivity contribution in [2.75, 3.05) is 45.1 Å². The maximum atomic E-state index is 12.1. The van der Waals surface area contributed by atoms with Gasteiger partial charge < -0.3 is 28.7 Å². The maximum Gasteiger partial charge on any atom is 0.410 e. The Morgan fingerprint density at radius 2 is 1.30 bits per heavy atom. The molecule has 2 amide bonds. The Bertz CT molecular complexity index is 1220. The van der Waals surface area contributed by atoms with Gasteiger partial charge in [0.1, 0.15) is 11.2 Å². The van der Waals surface area contributed by atoms with Crippen molar-refractivity contribution in [1.82, 2.24) is 14.8 Å². The number of hydrogen-bond donors (Lipinski definition) is 0. The quantitative estimate of drug-likeness (QED) is 0.254. The Morgan fingerprint density at radius 3 is 1.78 bits per heavy atom. The van der Waals surface area contributed by atoms with Crippen molar-refractivity contribution < 1.29 is 38.1 Å². The second-order valence-corrected chi connectivity index (χ2v) is 15.3. The zero-order valence-electron chi connectivity index (χ0n) is 28.5. The van der Waals surface area contributed by atoms with Gasteiger partial charge in [-0.25, -0.2) is 24.2 Å². The van der Waals surface area contributed by atoms with Gasteiger partial charge in [-0.3, -0.25) is 4.99 Å². The van der Waals surface area contributed by atoms with Crippen LogP contribution in [0.15, 0.2) is 10.4 Å². The standard InChI is InChI=1S/C16H26N2O4S.C16H24N2O4S/c2*1-5-21-14(19)12-10-23-13(17-12)11-6-8-18(9-7-11)15(20)22-16(2,3)4/h11-12H,5-10H2,1-4H3;10-11H,5-9H2,1-4H3. The molecule has 2 fully saturated rings. The predicted octanol–water partition coefficient (Wildman–Crippen LogP) is 6.14. The fourth-order valence-electron chi connectivity index (χ4n) is 5.02. The van der Waals surface area contributed by atoms with E-state index in [0.717, 1.165) is 35.7 Å². The Hall–Kier alpha value is -2.87. The second kappa shape index (κ2) is 16.8. The molecule has 1 aromatic rings. The topological polar surface area (TPSA) is 137 Å². The zero-order valence-corrected chi connectivity index (χ0v) is 30.1. The second-order valence-electron chi connectivity index (χ2n) is 13.3. The van der Waals surface area contributed by atoms with Gasteiger partial charge in [-0.1, -0.05) is 0 Å². The summed E-state index contributed by atoms with van der Waals surface area (Å²) in [4.78, 5) is 59.9. The van der Waals surface area contributed by atoms with E-state index in [4.69, 9.17) is 18.9 Å². The third kappa shape index (κ3) is 11.7. The van der Waals surface area contributed by atoms with E-state index in [2.05, 4.69) is 9.98 Å². The Balaban J connectivity index is 0.000000250. The maximum absolute atomic E-state index is 12.1. The van der Waals surface area contributed by atoms with Crippen LogP contribution in [0.1, 0.15) is 102 Å². The molecular weight excluding hydrogens is 633 g/mol. The average Bonchev–Trinajstić information content (AvgIpc) is 3.68. The number of carbonyl (C=O) groups excluding carboxylic acids is 4. The van der Waals surface area contributed by atoms with Gasteiger partial charge in [0.15, 0.2) is 11.7 Å². The summed E-state index contributed by atoms with van der Waals surface area (Å²) in [5.74, 6) is 0.669. The van der Waals surface area contributed by atoms with E-state index in [1.165, 1.54) is 11.3 Å². The molecule has 3 aliphatic rings. The van der Waals surface area contributed by atoms with Crippen molar-refractivity contribution in [2.24, 2.45) is 10.9 Å². The molecule has 258 valence electrons. The van der Waals surface area contributed by atoms with Crippen LogP contribution in [0.5, 0.6) is 0 Å². The number of hydrogen-bond acceptors (Lipinski definition) is 12. The zero-order chi connectivity index (χ0) is 34.1. The highest BCUT2D eigenvalue weighted by molar-refractivity contribution is 8.14. The van der Waals surface area contributed by atoms with E-state index in [1.54, 1.807) is 40.8 Å². The van der Waals surface area contributed by atoms with E-state index in [1.807, 2.05) is 41.5 Å². The summed E-state index contributed by atoms with van der Waals surface area (Å²) in [5.41, 5.74) is -0.564. The largest absolute Gasteiger partial charge is 0.464 e. The molecule has 4 heterocycles. The number of likely N-dealkylation sites (tertiary alicyclic amines) is 2. The molecule has 0 N–H and O–H groups in total. The highest BCUT2D eigenvalue weighted by Gasteiger charge is 2.34. The molecule has 3 aliphatic heterocycles. The lowest BCUT2D eigenvalue weighted by Gasteiger charge is -2.33. The summed E-state index contributed by atoms with van der Waals surface area (Å²) in [6.07, 6.45) is 2.87. The van der Waals surface area contributed by atoms with E-state index in [0.29, 0.717) is 56.8 Å². The first-order valence-corrected chi connectivity index (χ1v) is 17.9. The number of rotatable bonds is 6. The highest BCUT2D eigenvalue weighted by Crippen LogP contribution is 2.32. The molecule has 1 aromatic heterocycles. The molecule has 4 rings (SSSR count). The predicted molar refractivity (Wildman–Crippen MR) is 179 cm³/mol. The molecule has 0 spiro atoms. The summed E-state index contributed by atoms with van der Waals surface area (Å²) in [6.45, 7) is 18.2. The Morgan fingerprint density at radius 1 is 0.804 bits per heavy atom. The van der Waals surface area contributed by atoms with Crippen LogP contribution in [-0.2, 0) is 23.7 Å². The number of aliphatic imine (C=N–C) groups is 1. The van der Waals surface area contributed by atoms with E-state index >= 15 is 0 Å². The molecule has 14 heteroatoms. The van der Waals surface area contributed by atoms with Crippen LogP contribution < -0.4 is 0 Å². The van der Waals surface area contributed by atoms with Crippen LogP contribution in [0, 0.1) is 5.92 Å². The molecule has 1 atom stereocenters. The molecule has 2 saturated heterocycles. The first-order chi connectivity index (χ1) is 21.6.